The lowest BCUT2D eigenvalue weighted by atomic mass is 10.0. The van der Waals surface area contributed by atoms with Gasteiger partial charge in [-0.25, -0.2) is 0 Å². The van der Waals surface area contributed by atoms with Crippen LogP contribution in [-0.2, 0) is 10.8 Å². The third-order valence-electron chi connectivity index (χ3n) is 2.49. The molecule has 0 bridgehead atoms. The summed E-state index contributed by atoms with van der Waals surface area (Å²) in [5.74, 6) is 0.610. The van der Waals surface area contributed by atoms with Crippen molar-refractivity contribution in [3.63, 3.8) is 0 Å². The fourth-order valence-electron chi connectivity index (χ4n) is 1.57. The highest BCUT2D eigenvalue weighted by atomic mass is 32.2. The monoisotopic (exact) mass is 250 g/mol. The summed E-state index contributed by atoms with van der Waals surface area (Å²) in [5.41, 5.74) is 1.04. The predicted molar refractivity (Wildman–Crippen MR) is 71.2 cm³/mol. The maximum Gasteiger partial charge on any atom is 0.0837 e. The van der Waals surface area contributed by atoms with Gasteiger partial charge in [-0.2, -0.15) is 5.26 Å². The minimum Gasteiger partial charge on any atom is -0.315 e. The molecule has 1 aromatic carbocycles. The van der Waals surface area contributed by atoms with E-state index in [-0.39, 0.29) is 5.92 Å². The fourth-order valence-corrected chi connectivity index (χ4v) is 2.12. The summed E-state index contributed by atoms with van der Waals surface area (Å²) in [4.78, 5) is 0. The molecule has 2 unspecified atom stereocenters. The molecule has 2 atom stereocenters. The lowest BCUT2D eigenvalue weighted by Gasteiger charge is -2.10. The van der Waals surface area contributed by atoms with Crippen LogP contribution in [0, 0.1) is 11.3 Å². The molecule has 0 spiro atoms. The minimum absolute atomic E-state index is 0.108. The number of rotatable bonds is 7. The Bertz CT molecular complexity index is 386. The summed E-state index contributed by atoms with van der Waals surface area (Å²) in [6.07, 6.45) is 2.60. The molecule has 0 fully saturated rings. The molecular formula is C13H18N2OS. The molecule has 1 N–H and O–H groups in total. The van der Waals surface area contributed by atoms with E-state index in [9.17, 15) is 4.21 Å². The van der Waals surface area contributed by atoms with E-state index in [1.165, 1.54) is 0 Å². The quantitative estimate of drug-likeness (QED) is 0.749. The third-order valence-corrected chi connectivity index (χ3v) is 3.36. The van der Waals surface area contributed by atoms with Crippen LogP contribution >= 0.6 is 0 Å². The van der Waals surface area contributed by atoms with Gasteiger partial charge in [0.2, 0.25) is 0 Å². The van der Waals surface area contributed by atoms with E-state index in [1.54, 1.807) is 6.26 Å². The Kier molecular flexibility index (Phi) is 6.53. The van der Waals surface area contributed by atoms with Gasteiger partial charge in [0.05, 0.1) is 12.0 Å². The lowest BCUT2D eigenvalue weighted by molar-refractivity contribution is 0.638. The Morgan fingerprint density at radius 1 is 1.41 bits per heavy atom. The van der Waals surface area contributed by atoms with E-state index < -0.39 is 10.8 Å². The van der Waals surface area contributed by atoms with Gasteiger partial charge in [-0.1, -0.05) is 30.3 Å². The second-order valence-corrected chi connectivity index (χ2v) is 5.48. The van der Waals surface area contributed by atoms with Gasteiger partial charge in [0.25, 0.3) is 0 Å². The van der Waals surface area contributed by atoms with E-state index >= 15 is 0 Å². The van der Waals surface area contributed by atoms with Crippen molar-refractivity contribution in [3.05, 3.63) is 35.9 Å². The van der Waals surface area contributed by atoms with Gasteiger partial charge in [-0.05, 0) is 18.5 Å². The SMILES string of the molecule is CS(=O)CCCNCC(C#N)c1ccccc1. The molecule has 0 heterocycles. The van der Waals surface area contributed by atoms with Gasteiger partial charge in [0.15, 0.2) is 0 Å². The fraction of sp³-hybridized carbons (Fsp3) is 0.462. The Labute approximate surface area is 105 Å². The van der Waals surface area contributed by atoms with Gasteiger partial charge in [0.1, 0.15) is 0 Å². The first-order valence-electron chi connectivity index (χ1n) is 5.69. The molecule has 0 saturated carbocycles. The van der Waals surface area contributed by atoms with Crippen molar-refractivity contribution >= 4 is 10.8 Å². The van der Waals surface area contributed by atoms with Crippen LogP contribution in [-0.4, -0.2) is 29.3 Å². The maximum absolute atomic E-state index is 10.8. The first-order valence-corrected chi connectivity index (χ1v) is 7.42. The Morgan fingerprint density at radius 3 is 2.71 bits per heavy atom. The molecule has 0 radical (unpaired) electrons. The number of nitrogens with one attached hydrogen (secondary N) is 1. The topological polar surface area (TPSA) is 52.9 Å². The van der Waals surface area contributed by atoms with E-state index in [0.717, 1.165) is 24.3 Å². The standard InChI is InChI=1S/C13H18N2OS/c1-17(16)9-5-8-15-11-13(10-14)12-6-3-2-4-7-12/h2-4,6-7,13,15H,5,8-9,11H2,1H3. The van der Waals surface area contributed by atoms with Gasteiger partial charge >= 0.3 is 0 Å². The van der Waals surface area contributed by atoms with E-state index in [0.29, 0.717) is 6.54 Å². The van der Waals surface area contributed by atoms with Crippen LogP contribution in [0.25, 0.3) is 0 Å². The van der Waals surface area contributed by atoms with Crippen molar-refractivity contribution < 1.29 is 4.21 Å². The smallest absolute Gasteiger partial charge is 0.0837 e. The van der Waals surface area contributed by atoms with Gasteiger partial charge in [0, 0.05) is 29.4 Å². The largest absolute Gasteiger partial charge is 0.315 e. The highest BCUT2D eigenvalue weighted by Crippen LogP contribution is 2.12. The minimum atomic E-state index is -0.723. The van der Waals surface area contributed by atoms with E-state index in [4.69, 9.17) is 5.26 Å². The summed E-state index contributed by atoms with van der Waals surface area (Å²) in [6.45, 7) is 1.46. The van der Waals surface area contributed by atoms with E-state index in [1.807, 2.05) is 30.3 Å². The third kappa shape index (κ3) is 5.62. The summed E-state index contributed by atoms with van der Waals surface area (Å²) >= 11 is 0. The van der Waals surface area contributed by atoms with Crippen LogP contribution in [0.2, 0.25) is 0 Å². The summed E-state index contributed by atoms with van der Waals surface area (Å²) < 4.78 is 10.8. The average molecular weight is 250 g/mol. The predicted octanol–water partition coefficient (Wildman–Crippen LogP) is 1.65. The molecule has 0 aliphatic heterocycles. The molecule has 0 saturated heterocycles. The Hall–Kier alpha value is -1.18. The molecule has 0 aliphatic carbocycles. The van der Waals surface area contributed by atoms with Crippen LogP contribution in [0.15, 0.2) is 30.3 Å². The zero-order valence-electron chi connectivity index (χ0n) is 10.1. The normalized spacial score (nSPS) is 13.9. The van der Waals surface area contributed by atoms with Crippen molar-refractivity contribution in [2.75, 3.05) is 25.1 Å². The maximum atomic E-state index is 10.8. The van der Waals surface area contributed by atoms with E-state index in [2.05, 4.69) is 11.4 Å². The van der Waals surface area contributed by atoms with Crippen LogP contribution in [0.3, 0.4) is 0 Å². The summed E-state index contributed by atoms with van der Waals surface area (Å²) in [7, 11) is -0.723. The summed E-state index contributed by atoms with van der Waals surface area (Å²) in [6, 6.07) is 12.1. The number of nitrogens with zero attached hydrogens (tertiary/aromatic N) is 1. The first-order chi connectivity index (χ1) is 8.24. The number of benzene rings is 1. The molecule has 0 amide bonds. The first kappa shape index (κ1) is 13.9. The zero-order valence-corrected chi connectivity index (χ0v) is 10.9. The van der Waals surface area contributed by atoms with Gasteiger partial charge in [-0.15, -0.1) is 0 Å². The Balaban J connectivity index is 2.30. The molecule has 92 valence electrons. The van der Waals surface area contributed by atoms with Crippen LogP contribution in [0.4, 0.5) is 0 Å². The van der Waals surface area contributed by atoms with Crippen LogP contribution in [0.1, 0.15) is 17.9 Å². The van der Waals surface area contributed by atoms with Crippen LogP contribution < -0.4 is 5.32 Å². The van der Waals surface area contributed by atoms with Crippen molar-refractivity contribution in [2.45, 2.75) is 12.3 Å². The second kappa shape index (κ2) is 7.99. The molecule has 0 aliphatic rings. The lowest BCUT2D eigenvalue weighted by Crippen LogP contribution is -2.23. The van der Waals surface area contributed by atoms with Crippen molar-refractivity contribution in [1.29, 1.82) is 5.26 Å². The van der Waals surface area contributed by atoms with Crippen molar-refractivity contribution in [2.24, 2.45) is 0 Å². The Morgan fingerprint density at radius 2 is 2.12 bits per heavy atom. The number of hydrogen-bond acceptors (Lipinski definition) is 3. The molecule has 0 aromatic heterocycles. The van der Waals surface area contributed by atoms with Crippen LogP contribution in [0.5, 0.6) is 0 Å². The molecule has 17 heavy (non-hydrogen) atoms. The number of hydrogen-bond donors (Lipinski definition) is 1. The number of nitriles is 1. The average Bonchev–Trinajstić information content (AvgIpc) is 2.34. The second-order valence-electron chi connectivity index (χ2n) is 3.93. The van der Waals surface area contributed by atoms with Gasteiger partial charge in [-0.3, -0.25) is 4.21 Å². The highest BCUT2D eigenvalue weighted by molar-refractivity contribution is 7.84. The van der Waals surface area contributed by atoms with Crippen molar-refractivity contribution in [1.82, 2.24) is 5.32 Å². The molecule has 3 nitrogen and oxygen atoms in total. The summed E-state index contributed by atoms with van der Waals surface area (Å²) in [5, 5.41) is 12.3. The van der Waals surface area contributed by atoms with Gasteiger partial charge < -0.3 is 5.32 Å². The molecule has 4 heteroatoms. The van der Waals surface area contributed by atoms with Crippen molar-refractivity contribution in [3.8, 4) is 6.07 Å². The highest BCUT2D eigenvalue weighted by Gasteiger charge is 2.08. The molecular weight excluding hydrogens is 232 g/mol. The zero-order chi connectivity index (χ0) is 12.5. The molecule has 1 aromatic rings. The molecule has 1 rings (SSSR count).